The number of carbonyl (C=O) groups is 2. The summed E-state index contributed by atoms with van der Waals surface area (Å²) in [4.78, 5) is 29.5. The van der Waals surface area contributed by atoms with Gasteiger partial charge in [-0.15, -0.1) is 5.10 Å². The molecule has 2 aromatic carbocycles. The van der Waals surface area contributed by atoms with Crippen LogP contribution in [0.25, 0.3) is 0 Å². The van der Waals surface area contributed by atoms with Gasteiger partial charge in [-0.1, -0.05) is 47.2 Å². The van der Waals surface area contributed by atoms with Gasteiger partial charge >= 0.3 is 0 Å². The van der Waals surface area contributed by atoms with Crippen molar-refractivity contribution in [3.63, 3.8) is 0 Å². The Kier molecular flexibility index (Phi) is 6.50. The first kappa shape index (κ1) is 23.0. The molecular formula is C26H29N5O4. The highest BCUT2D eigenvalue weighted by atomic mass is 16.5. The van der Waals surface area contributed by atoms with Crippen LogP contribution in [0.4, 0.5) is 0 Å². The molecule has 0 spiro atoms. The summed E-state index contributed by atoms with van der Waals surface area (Å²) in [6.07, 6.45) is 0.190. The molecule has 0 radical (unpaired) electrons. The minimum Gasteiger partial charge on any atom is -0.497 e. The molecule has 0 saturated carbocycles. The summed E-state index contributed by atoms with van der Waals surface area (Å²) in [5.74, 6) is 0.613. The first-order valence-electron chi connectivity index (χ1n) is 11.8. The fourth-order valence-corrected chi connectivity index (χ4v) is 4.54. The summed E-state index contributed by atoms with van der Waals surface area (Å²) in [5.41, 5.74) is 4.23. The Bertz CT molecular complexity index is 1210. The third-order valence-corrected chi connectivity index (χ3v) is 6.66. The van der Waals surface area contributed by atoms with Gasteiger partial charge in [-0.3, -0.25) is 9.59 Å². The molecule has 3 aromatic rings. The highest BCUT2D eigenvalue weighted by Crippen LogP contribution is 2.27. The lowest BCUT2D eigenvalue weighted by atomic mass is 10.1. The zero-order valence-electron chi connectivity index (χ0n) is 20.0. The van der Waals surface area contributed by atoms with Gasteiger partial charge in [0.25, 0.3) is 5.91 Å². The molecule has 2 aliphatic rings. The normalized spacial score (nSPS) is 17.7. The van der Waals surface area contributed by atoms with Gasteiger partial charge in [0, 0.05) is 26.2 Å². The third kappa shape index (κ3) is 4.90. The SMILES string of the molecule is COc1cccc(CC(=O)N2CCN(C(=O)c3nnn4c3CO[C@H](c3ccc(C)cc3)C4)CC2)c1. The number of nitrogens with zero attached hydrogens (tertiary/aromatic N) is 5. The molecule has 2 aliphatic heterocycles. The molecule has 0 aliphatic carbocycles. The first-order valence-corrected chi connectivity index (χ1v) is 11.8. The van der Waals surface area contributed by atoms with Crippen LogP contribution < -0.4 is 4.74 Å². The predicted octanol–water partition coefficient (Wildman–Crippen LogP) is 2.39. The number of aromatic nitrogens is 3. The zero-order valence-corrected chi connectivity index (χ0v) is 20.0. The number of benzene rings is 2. The fraction of sp³-hybridized carbons (Fsp3) is 0.385. The molecule has 0 N–H and O–H groups in total. The maximum absolute atomic E-state index is 13.2. The van der Waals surface area contributed by atoms with E-state index in [1.54, 1.807) is 21.6 Å². The van der Waals surface area contributed by atoms with Gasteiger partial charge in [0.1, 0.15) is 11.9 Å². The molecule has 1 atom stereocenters. The summed E-state index contributed by atoms with van der Waals surface area (Å²) in [7, 11) is 1.61. The summed E-state index contributed by atoms with van der Waals surface area (Å²) in [6.45, 7) is 4.75. The second-order valence-electron chi connectivity index (χ2n) is 8.98. The Morgan fingerprint density at radius 2 is 1.80 bits per heavy atom. The van der Waals surface area contributed by atoms with Crippen molar-refractivity contribution in [2.45, 2.75) is 32.6 Å². The number of rotatable bonds is 5. The van der Waals surface area contributed by atoms with Crippen LogP contribution in [0.5, 0.6) is 5.75 Å². The van der Waals surface area contributed by atoms with Gasteiger partial charge in [0.05, 0.1) is 32.4 Å². The summed E-state index contributed by atoms with van der Waals surface area (Å²) in [5, 5.41) is 8.43. The van der Waals surface area contributed by atoms with Gasteiger partial charge in [-0.05, 0) is 30.2 Å². The smallest absolute Gasteiger partial charge is 0.276 e. The predicted molar refractivity (Wildman–Crippen MR) is 128 cm³/mol. The molecule has 3 heterocycles. The monoisotopic (exact) mass is 475 g/mol. The van der Waals surface area contributed by atoms with Crippen molar-refractivity contribution < 1.29 is 19.1 Å². The molecule has 182 valence electrons. The topological polar surface area (TPSA) is 89.8 Å². The number of carbonyl (C=O) groups excluding carboxylic acids is 2. The number of hydrogen-bond acceptors (Lipinski definition) is 6. The van der Waals surface area contributed by atoms with Crippen LogP contribution in [0, 0.1) is 6.92 Å². The van der Waals surface area contributed by atoms with Crippen LogP contribution in [-0.2, 0) is 29.1 Å². The number of methoxy groups -OCH3 is 1. The van der Waals surface area contributed by atoms with Crippen molar-refractivity contribution in [3.05, 3.63) is 76.6 Å². The number of fused-ring (bicyclic) bond motifs is 1. The Balaban J connectivity index is 1.18. The highest BCUT2D eigenvalue weighted by molar-refractivity contribution is 5.93. The number of amides is 2. The van der Waals surface area contributed by atoms with E-state index in [1.165, 1.54) is 5.56 Å². The number of ether oxygens (including phenoxy) is 2. The molecule has 9 nitrogen and oxygen atoms in total. The van der Waals surface area contributed by atoms with Crippen LogP contribution in [0.3, 0.4) is 0 Å². The third-order valence-electron chi connectivity index (χ3n) is 6.66. The molecule has 0 bridgehead atoms. The van der Waals surface area contributed by atoms with Crippen molar-refractivity contribution >= 4 is 11.8 Å². The first-order chi connectivity index (χ1) is 17.0. The average molecular weight is 476 g/mol. The minimum atomic E-state index is -0.163. The molecule has 1 saturated heterocycles. The number of aryl methyl sites for hydroxylation is 1. The lowest BCUT2D eigenvalue weighted by Gasteiger charge is -2.34. The van der Waals surface area contributed by atoms with Crippen molar-refractivity contribution in [1.29, 1.82) is 0 Å². The van der Waals surface area contributed by atoms with E-state index >= 15 is 0 Å². The van der Waals surface area contributed by atoms with E-state index < -0.39 is 0 Å². The zero-order chi connectivity index (χ0) is 24.4. The highest BCUT2D eigenvalue weighted by Gasteiger charge is 2.32. The quantitative estimate of drug-likeness (QED) is 0.563. The maximum atomic E-state index is 13.2. The van der Waals surface area contributed by atoms with Gasteiger partial charge < -0.3 is 19.3 Å². The second-order valence-corrected chi connectivity index (χ2v) is 8.98. The molecule has 9 heteroatoms. The lowest BCUT2D eigenvalue weighted by Crippen LogP contribution is -2.51. The van der Waals surface area contributed by atoms with Gasteiger partial charge in [0.2, 0.25) is 5.91 Å². The Morgan fingerprint density at radius 3 is 2.54 bits per heavy atom. The molecule has 1 aromatic heterocycles. The van der Waals surface area contributed by atoms with E-state index in [-0.39, 0.29) is 24.5 Å². The molecule has 5 rings (SSSR count). The second kappa shape index (κ2) is 9.87. The van der Waals surface area contributed by atoms with E-state index in [1.807, 2.05) is 24.3 Å². The van der Waals surface area contributed by atoms with Crippen molar-refractivity contribution in [2.75, 3.05) is 33.3 Å². The summed E-state index contributed by atoms with van der Waals surface area (Å²) >= 11 is 0. The van der Waals surface area contributed by atoms with Gasteiger partial charge in [-0.2, -0.15) is 0 Å². The summed E-state index contributed by atoms with van der Waals surface area (Å²) < 4.78 is 13.1. The molecule has 35 heavy (non-hydrogen) atoms. The molecule has 1 fully saturated rings. The molecule has 2 amide bonds. The van der Waals surface area contributed by atoms with Crippen LogP contribution in [-0.4, -0.2) is 69.9 Å². The van der Waals surface area contributed by atoms with E-state index in [9.17, 15) is 9.59 Å². The average Bonchev–Trinajstić information content (AvgIpc) is 3.32. The van der Waals surface area contributed by atoms with Crippen LogP contribution in [0.1, 0.15) is 39.0 Å². The van der Waals surface area contributed by atoms with Crippen LogP contribution in [0.2, 0.25) is 0 Å². The maximum Gasteiger partial charge on any atom is 0.276 e. The minimum absolute atomic E-state index is 0.0435. The fourth-order valence-electron chi connectivity index (χ4n) is 4.54. The van der Waals surface area contributed by atoms with Crippen LogP contribution in [0.15, 0.2) is 48.5 Å². The van der Waals surface area contributed by atoms with Crippen molar-refractivity contribution in [1.82, 2.24) is 24.8 Å². The molecular weight excluding hydrogens is 446 g/mol. The Hall–Kier alpha value is -3.72. The lowest BCUT2D eigenvalue weighted by molar-refractivity contribution is -0.131. The number of piperazine rings is 1. The van der Waals surface area contributed by atoms with E-state index in [4.69, 9.17) is 9.47 Å². The largest absolute Gasteiger partial charge is 0.497 e. The van der Waals surface area contributed by atoms with Gasteiger partial charge in [0.15, 0.2) is 5.69 Å². The molecule has 0 unspecified atom stereocenters. The Morgan fingerprint density at radius 1 is 1.06 bits per heavy atom. The van der Waals surface area contributed by atoms with E-state index in [0.29, 0.717) is 50.5 Å². The number of hydrogen-bond donors (Lipinski definition) is 0. The standard InChI is InChI=1S/C26H29N5O4/c1-18-6-8-20(9-7-18)23-16-31-22(17-35-23)25(27-28-31)26(33)30-12-10-29(11-13-30)24(32)15-19-4-3-5-21(14-19)34-2/h3-9,14,23H,10-13,15-17H2,1-2H3/t23-/m0/s1. The van der Waals surface area contributed by atoms with Gasteiger partial charge in [-0.25, -0.2) is 4.68 Å². The van der Waals surface area contributed by atoms with E-state index in [2.05, 4.69) is 41.5 Å². The van der Waals surface area contributed by atoms with Crippen molar-refractivity contribution in [2.24, 2.45) is 0 Å². The van der Waals surface area contributed by atoms with Crippen LogP contribution >= 0.6 is 0 Å². The summed E-state index contributed by atoms with van der Waals surface area (Å²) in [6, 6.07) is 15.8. The van der Waals surface area contributed by atoms with Crippen molar-refractivity contribution in [3.8, 4) is 5.75 Å². The van der Waals surface area contributed by atoms with E-state index in [0.717, 1.165) is 16.9 Å². The Labute approximate surface area is 204 Å².